The second-order valence-corrected chi connectivity index (χ2v) is 7.75. The minimum Gasteiger partial charge on any atom is -0.449 e. The first kappa shape index (κ1) is 22.7. The lowest BCUT2D eigenvalue weighted by atomic mass is 9.98. The van der Waals surface area contributed by atoms with Gasteiger partial charge in [0.25, 0.3) is 0 Å². The Kier molecular flexibility index (Phi) is 6.55. The Morgan fingerprint density at radius 3 is 2.06 bits per heavy atom. The number of carbonyl (C=O) groups is 1. The molecule has 5 nitrogen and oxygen atoms in total. The van der Waals surface area contributed by atoms with E-state index in [0.29, 0.717) is 5.56 Å². The van der Waals surface area contributed by atoms with Gasteiger partial charge < -0.3 is 19.9 Å². The van der Waals surface area contributed by atoms with E-state index in [1.165, 1.54) is 24.3 Å². The van der Waals surface area contributed by atoms with Crippen molar-refractivity contribution in [3.05, 3.63) is 89.5 Å². The first-order valence-electron chi connectivity index (χ1n) is 10.4. The van der Waals surface area contributed by atoms with Crippen molar-refractivity contribution in [2.75, 3.05) is 13.2 Å². The zero-order valence-corrected chi connectivity index (χ0v) is 17.5. The highest BCUT2D eigenvalue weighted by Crippen LogP contribution is 2.44. The predicted molar refractivity (Wildman–Crippen MR) is 116 cm³/mol. The fourth-order valence-corrected chi connectivity index (χ4v) is 4.08. The number of carbonyl (C=O) groups excluding carboxylic acids is 1. The number of aliphatic hydroxyl groups is 1. The Hall–Kier alpha value is -3.52. The van der Waals surface area contributed by atoms with Crippen molar-refractivity contribution in [1.82, 2.24) is 5.32 Å². The van der Waals surface area contributed by atoms with E-state index < -0.39 is 18.5 Å². The maximum Gasteiger partial charge on any atom is 0.573 e. The summed E-state index contributed by atoms with van der Waals surface area (Å²) in [6.45, 7) is -0.216. The molecule has 0 aromatic heterocycles. The SMILES string of the molecule is O=C(N[C@H](CO)Cc1ccc(OC(F)(F)F)cc1)OCC1c2ccccc2-c2ccccc21. The molecule has 1 aliphatic carbocycles. The molecule has 0 heterocycles. The van der Waals surface area contributed by atoms with Crippen molar-refractivity contribution in [2.45, 2.75) is 24.7 Å². The quantitative estimate of drug-likeness (QED) is 0.523. The first-order chi connectivity index (χ1) is 15.8. The van der Waals surface area contributed by atoms with E-state index in [-0.39, 0.29) is 31.3 Å². The first-order valence-corrected chi connectivity index (χ1v) is 10.4. The summed E-state index contributed by atoms with van der Waals surface area (Å²) in [5.41, 5.74) is 5.04. The van der Waals surface area contributed by atoms with Crippen LogP contribution in [0.4, 0.5) is 18.0 Å². The second-order valence-electron chi connectivity index (χ2n) is 7.75. The van der Waals surface area contributed by atoms with Gasteiger partial charge in [0, 0.05) is 5.92 Å². The van der Waals surface area contributed by atoms with Gasteiger partial charge in [0.15, 0.2) is 0 Å². The Labute approximate surface area is 188 Å². The average Bonchev–Trinajstić information content (AvgIpc) is 3.11. The summed E-state index contributed by atoms with van der Waals surface area (Å²) in [5, 5.41) is 12.3. The van der Waals surface area contributed by atoms with Crippen molar-refractivity contribution < 1.29 is 32.5 Å². The van der Waals surface area contributed by atoms with Crippen LogP contribution in [0.3, 0.4) is 0 Å². The summed E-state index contributed by atoms with van der Waals surface area (Å²) in [6, 6.07) is 20.6. The predicted octanol–water partition coefficient (Wildman–Crippen LogP) is 5.03. The van der Waals surface area contributed by atoms with Crippen LogP contribution in [0.2, 0.25) is 0 Å². The highest BCUT2D eigenvalue weighted by molar-refractivity contribution is 5.79. The van der Waals surface area contributed by atoms with Gasteiger partial charge in [-0.25, -0.2) is 4.79 Å². The molecular formula is C25H22F3NO4. The Balaban J connectivity index is 1.35. The van der Waals surface area contributed by atoms with Crippen molar-refractivity contribution in [2.24, 2.45) is 0 Å². The van der Waals surface area contributed by atoms with Crippen LogP contribution >= 0.6 is 0 Å². The minimum absolute atomic E-state index is 0.0862. The molecule has 0 radical (unpaired) electrons. The van der Waals surface area contributed by atoms with Gasteiger partial charge in [0.2, 0.25) is 0 Å². The van der Waals surface area contributed by atoms with Crippen molar-refractivity contribution in [3.8, 4) is 16.9 Å². The largest absolute Gasteiger partial charge is 0.573 e. The molecule has 2 N–H and O–H groups in total. The number of amides is 1. The van der Waals surface area contributed by atoms with E-state index in [9.17, 15) is 23.1 Å². The van der Waals surface area contributed by atoms with Crippen LogP contribution < -0.4 is 10.1 Å². The number of halogens is 3. The molecule has 3 aromatic carbocycles. The standard InChI is InChI=1S/C25H22F3NO4/c26-25(27,28)33-18-11-9-16(10-12-18)13-17(14-30)29-24(31)32-15-23-21-7-3-1-5-19(21)20-6-2-4-8-22(20)23/h1-12,17,23,30H,13-15H2,(H,29,31)/t17-/m0/s1. The Morgan fingerprint density at radius 2 is 1.52 bits per heavy atom. The summed E-state index contributed by atoms with van der Waals surface area (Å²) in [6.07, 6.45) is -5.22. The average molecular weight is 457 g/mol. The van der Waals surface area contributed by atoms with Crippen LogP contribution in [-0.4, -0.2) is 36.8 Å². The lowest BCUT2D eigenvalue weighted by Crippen LogP contribution is -2.39. The maximum atomic E-state index is 12.4. The molecule has 0 fully saturated rings. The minimum atomic E-state index is -4.76. The second kappa shape index (κ2) is 9.54. The number of alkyl halides is 3. The van der Waals surface area contributed by atoms with Gasteiger partial charge in [-0.1, -0.05) is 60.7 Å². The number of rotatable bonds is 7. The summed E-state index contributed by atoms with van der Waals surface area (Å²) in [5.74, 6) is -0.423. The fourth-order valence-electron chi connectivity index (χ4n) is 4.08. The molecule has 172 valence electrons. The van der Waals surface area contributed by atoms with Gasteiger partial charge in [-0.05, 0) is 46.4 Å². The van der Waals surface area contributed by atoms with E-state index in [0.717, 1.165) is 22.3 Å². The van der Waals surface area contributed by atoms with Gasteiger partial charge >= 0.3 is 12.5 Å². The fraction of sp³-hybridized carbons (Fsp3) is 0.240. The summed E-state index contributed by atoms with van der Waals surface area (Å²) in [4.78, 5) is 12.4. The highest BCUT2D eigenvalue weighted by Gasteiger charge is 2.31. The molecule has 8 heteroatoms. The number of nitrogens with one attached hydrogen (secondary N) is 1. The number of alkyl carbamates (subject to hydrolysis) is 1. The molecule has 4 rings (SSSR count). The lowest BCUT2D eigenvalue weighted by Gasteiger charge is -2.19. The van der Waals surface area contributed by atoms with E-state index in [4.69, 9.17) is 4.74 Å². The molecule has 33 heavy (non-hydrogen) atoms. The third-order valence-electron chi connectivity index (χ3n) is 5.53. The van der Waals surface area contributed by atoms with E-state index in [1.54, 1.807) is 0 Å². The molecule has 1 aliphatic rings. The lowest BCUT2D eigenvalue weighted by molar-refractivity contribution is -0.274. The Morgan fingerprint density at radius 1 is 0.939 bits per heavy atom. The normalized spacial score (nSPS) is 13.7. The molecule has 0 unspecified atom stereocenters. The summed E-state index contributed by atoms with van der Waals surface area (Å²) >= 11 is 0. The van der Waals surface area contributed by atoms with Gasteiger partial charge in [-0.15, -0.1) is 13.2 Å². The van der Waals surface area contributed by atoms with E-state index >= 15 is 0 Å². The molecule has 3 aromatic rings. The van der Waals surface area contributed by atoms with Crippen molar-refractivity contribution in [1.29, 1.82) is 0 Å². The van der Waals surface area contributed by atoms with Crippen LogP contribution in [0.15, 0.2) is 72.8 Å². The van der Waals surface area contributed by atoms with Crippen LogP contribution in [0.1, 0.15) is 22.6 Å². The number of hydrogen-bond donors (Lipinski definition) is 2. The molecule has 0 spiro atoms. The van der Waals surface area contributed by atoms with Gasteiger partial charge in [-0.3, -0.25) is 0 Å². The van der Waals surface area contributed by atoms with Crippen LogP contribution in [0, 0.1) is 0 Å². The Bertz CT molecular complexity index is 1070. The zero-order valence-electron chi connectivity index (χ0n) is 17.5. The number of hydrogen-bond acceptors (Lipinski definition) is 4. The number of fused-ring (bicyclic) bond motifs is 3. The third-order valence-corrected chi connectivity index (χ3v) is 5.53. The van der Waals surface area contributed by atoms with Crippen LogP contribution in [0.5, 0.6) is 5.75 Å². The van der Waals surface area contributed by atoms with E-state index in [1.807, 2.05) is 48.5 Å². The molecule has 0 saturated heterocycles. The van der Waals surface area contributed by atoms with Crippen LogP contribution in [-0.2, 0) is 11.2 Å². The molecule has 1 atom stereocenters. The van der Waals surface area contributed by atoms with Gasteiger partial charge in [0.1, 0.15) is 12.4 Å². The van der Waals surface area contributed by atoms with Crippen molar-refractivity contribution >= 4 is 6.09 Å². The molecule has 0 aliphatic heterocycles. The van der Waals surface area contributed by atoms with E-state index in [2.05, 4.69) is 10.1 Å². The topological polar surface area (TPSA) is 67.8 Å². The summed E-state index contributed by atoms with van der Waals surface area (Å²) < 4.78 is 46.2. The van der Waals surface area contributed by atoms with Crippen molar-refractivity contribution in [3.63, 3.8) is 0 Å². The monoisotopic (exact) mass is 457 g/mol. The van der Waals surface area contributed by atoms with Gasteiger partial charge in [-0.2, -0.15) is 0 Å². The van der Waals surface area contributed by atoms with Gasteiger partial charge in [0.05, 0.1) is 12.6 Å². The maximum absolute atomic E-state index is 12.4. The number of benzene rings is 3. The smallest absolute Gasteiger partial charge is 0.449 e. The number of aliphatic hydroxyl groups excluding tert-OH is 1. The molecule has 0 saturated carbocycles. The van der Waals surface area contributed by atoms with Crippen LogP contribution in [0.25, 0.3) is 11.1 Å². The zero-order chi connectivity index (χ0) is 23.4. The number of ether oxygens (including phenoxy) is 2. The molecule has 1 amide bonds. The summed E-state index contributed by atoms with van der Waals surface area (Å²) in [7, 11) is 0. The molecular weight excluding hydrogens is 435 g/mol. The third kappa shape index (κ3) is 5.46. The highest BCUT2D eigenvalue weighted by atomic mass is 19.4. The molecule has 0 bridgehead atoms.